The molecule has 4 heteroatoms. The van der Waals surface area contributed by atoms with E-state index in [2.05, 4.69) is 49.9 Å². The number of aromatic nitrogens is 3. The molecule has 0 aliphatic carbocycles. The van der Waals surface area contributed by atoms with E-state index in [1.54, 1.807) is 11.0 Å². The number of rotatable bonds is 8. The second kappa shape index (κ2) is 7.43. The summed E-state index contributed by atoms with van der Waals surface area (Å²) in [6, 6.07) is 0. The molecule has 1 aromatic rings. The average Bonchev–Trinajstić information content (AvgIpc) is 2.75. The van der Waals surface area contributed by atoms with Crippen LogP contribution in [0.25, 0.3) is 0 Å². The van der Waals surface area contributed by atoms with Crippen molar-refractivity contribution in [2.75, 3.05) is 0 Å². The van der Waals surface area contributed by atoms with Crippen LogP contribution in [-0.2, 0) is 6.54 Å². The third-order valence-corrected chi connectivity index (χ3v) is 2.98. The van der Waals surface area contributed by atoms with Gasteiger partial charge in [0.2, 0.25) is 0 Å². The highest BCUT2D eigenvalue weighted by Crippen LogP contribution is 2.23. The first-order valence-electron chi connectivity index (χ1n) is 7.11. The van der Waals surface area contributed by atoms with Gasteiger partial charge in [-0.25, -0.2) is 4.98 Å². The summed E-state index contributed by atoms with van der Waals surface area (Å²) in [6.45, 7) is 9.14. The van der Waals surface area contributed by atoms with Crippen LogP contribution < -0.4 is 0 Å². The van der Waals surface area contributed by atoms with E-state index in [9.17, 15) is 5.11 Å². The molecule has 0 fully saturated rings. The van der Waals surface area contributed by atoms with Gasteiger partial charge in [0.15, 0.2) is 0 Å². The average molecular weight is 265 g/mol. The maximum Gasteiger partial charge on any atom is 0.137 e. The van der Waals surface area contributed by atoms with Gasteiger partial charge < -0.3 is 5.11 Å². The summed E-state index contributed by atoms with van der Waals surface area (Å²) in [5, 5.41) is 14.9. The van der Waals surface area contributed by atoms with Crippen molar-refractivity contribution in [3.8, 4) is 0 Å². The lowest BCUT2D eigenvalue weighted by atomic mass is 9.89. The Morgan fingerprint density at radius 1 is 1.21 bits per heavy atom. The number of hydrogen-bond donors (Lipinski definition) is 1. The summed E-state index contributed by atoms with van der Waals surface area (Å²) in [6.07, 6.45) is 9.90. The molecule has 0 aliphatic rings. The van der Waals surface area contributed by atoms with Crippen LogP contribution in [0.4, 0.5) is 0 Å². The Bertz CT molecular complexity index is 371. The summed E-state index contributed by atoms with van der Waals surface area (Å²) in [7, 11) is 0. The van der Waals surface area contributed by atoms with Crippen molar-refractivity contribution in [1.82, 2.24) is 14.8 Å². The molecule has 4 nitrogen and oxygen atoms in total. The molecule has 108 valence electrons. The number of nitrogens with zero attached hydrogens (tertiary/aromatic N) is 3. The number of allylic oxidation sites excluding steroid dienone is 1. The molecule has 1 atom stereocenters. The van der Waals surface area contributed by atoms with Crippen LogP contribution >= 0.6 is 0 Å². The Hall–Kier alpha value is -1.16. The number of hydrogen-bond acceptors (Lipinski definition) is 3. The first kappa shape index (κ1) is 15.9. The Morgan fingerprint density at radius 3 is 2.47 bits per heavy atom. The third-order valence-electron chi connectivity index (χ3n) is 2.98. The van der Waals surface area contributed by atoms with E-state index in [1.165, 1.54) is 6.33 Å². The van der Waals surface area contributed by atoms with Crippen molar-refractivity contribution < 1.29 is 5.11 Å². The molecular formula is C15H27N3O. The molecule has 1 aromatic heterocycles. The highest BCUT2D eigenvalue weighted by molar-refractivity contribution is 4.92. The Kier molecular flexibility index (Phi) is 6.22. The summed E-state index contributed by atoms with van der Waals surface area (Å²) in [4.78, 5) is 3.93. The second-order valence-corrected chi connectivity index (χ2v) is 6.22. The SMILES string of the molecule is CC(C)CC=CCC(O)(CC(C)C)Cn1cncn1. The second-order valence-electron chi connectivity index (χ2n) is 6.22. The van der Waals surface area contributed by atoms with Gasteiger partial charge in [-0.05, 0) is 31.1 Å². The molecule has 0 spiro atoms. The largest absolute Gasteiger partial charge is 0.388 e. The zero-order chi connectivity index (χ0) is 14.3. The maximum absolute atomic E-state index is 10.8. The molecule has 0 saturated carbocycles. The molecule has 1 N–H and O–H groups in total. The highest BCUT2D eigenvalue weighted by atomic mass is 16.3. The summed E-state index contributed by atoms with van der Waals surface area (Å²) in [5.74, 6) is 1.11. The van der Waals surface area contributed by atoms with Gasteiger partial charge in [-0.15, -0.1) is 0 Å². The highest BCUT2D eigenvalue weighted by Gasteiger charge is 2.27. The van der Waals surface area contributed by atoms with Crippen LogP contribution in [0.5, 0.6) is 0 Å². The van der Waals surface area contributed by atoms with Gasteiger partial charge in [0.05, 0.1) is 12.1 Å². The zero-order valence-electron chi connectivity index (χ0n) is 12.6. The summed E-state index contributed by atoms with van der Waals surface area (Å²) in [5.41, 5.74) is -0.741. The fourth-order valence-corrected chi connectivity index (χ4v) is 2.26. The molecule has 0 bridgehead atoms. The van der Waals surface area contributed by atoms with Crippen molar-refractivity contribution >= 4 is 0 Å². The monoisotopic (exact) mass is 265 g/mol. The van der Waals surface area contributed by atoms with Crippen LogP contribution in [0.15, 0.2) is 24.8 Å². The van der Waals surface area contributed by atoms with Crippen LogP contribution in [0.1, 0.15) is 47.0 Å². The zero-order valence-corrected chi connectivity index (χ0v) is 12.6. The molecule has 1 heterocycles. The fourth-order valence-electron chi connectivity index (χ4n) is 2.26. The van der Waals surface area contributed by atoms with Crippen LogP contribution in [0, 0.1) is 11.8 Å². The Labute approximate surface area is 116 Å². The first-order chi connectivity index (χ1) is 8.91. The van der Waals surface area contributed by atoms with Gasteiger partial charge in [0, 0.05) is 0 Å². The van der Waals surface area contributed by atoms with E-state index in [0.717, 1.165) is 12.8 Å². The molecule has 1 rings (SSSR count). The van der Waals surface area contributed by atoms with E-state index < -0.39 is 5.60 Å². The van der Waals surface area contributed by atoms with Crippen molar-refractivity contribution in [3.63, 3.8) is 0 Å². The van der Waals surface area contributed by atoms with E-state index >= 15 is 0 Å². The molecular weight excluding hydrogens is 238 g/mol. The number of aliphatic hydroxyl groups is 1. The van der Waals surface area contributed by atoms with Crippen LogP contribution in [0.3, 0.4) is 0 Å². The summed E-state index contributed by atoms with van der Waals surface area (Å²) < 4.78 is 1.71. The molecule has 0 radical (unpaired) electrons. The van der Waals surface area contributed by atoms with E-state index in [4.69, 9.17) is 0 Å². The molecule has 0 aromatic carbocycles. The predicted molar refractivity (Wildman–Crippen MR) is 77.6 cm³/mol. The third kappa shape index (κ3) is 6.53. The predicted octanol–water partition coefficient (Wildman–Crippen LogP) is 3.05. The van der Waals surface area contributed by atoms with Gasteiger partial charge in [-0.2, -0.15) is 5.10 Å². The minimum absolute atomic E-state index is 0.451. The first-order valence-corrected chi connectivity index (χ1v) is 7.11. The quantitative estimate of drug-likeness (QED) is 0.735. The van der Waals surface area contributed by atoms with Crippen LogP contribution in [0.2, 0.25) is 0 Å². The molecule has 1 unspecified atom stereocenters. The van der Waals surface area contributed by atoms with Gasteiger partial charge in [0.1, 0.15) is 12.7 Å². The lowest BCUT2D eigenvalue weighted by molar-refractivity contribution is 0.00268. The maximum atomic E-state index is 10.8. The lowest BCUT2D eigenvalue weighted by Crippen LogP contribution is -2.35. The van der Waals surface area contributed by atoms with Crippen molar-refractivity contribution in [3.05, 3.63) is 24.8 Å². The Morgan fingerprint density at radius 2 is 1.95 bits per heavy atom. The van der Waals surface area contributed by atoms with Crippen molar-refractivity contribution in [1.29, 1.82) is 0 Å². The van der Waals surface area contributed by atoms with Gasteiger partial charge in [-0.1, -0.05) is 39.8 Å². The smallest absolute Gasteiger partial charge is 0.137 e. The van der Waals surface area contributed by atoms with Crippen LogP contribution in [-0.4, -0.2) is 25.5 Å². The normalized spacial score (nSPS) is 15.5. The lowest BCUT2D eigenvalue weighted by Gasteiger charge is -2.28. The Balaban J connectivity index is 2.61. The summed E-state index contributed by atoms with van der Waals surface area (Å²) >= 11 is 0. The molecule has 0 aliphatic heterocycles. The minimum atomic E-state index is -0.741. The van der Waals surface area contributed by atoms with Gasteiger partial charge >= 0.3 is 0 Å². The molecule has 19 heavy (non-hydrogen) atoms. The van der Waals surface area contributed by atoms with Gasteiger partial charge in [-0.3, -0.25) is 4.68 Å². The van der Waals surface area contributed by atoms with E-state index in [1.807, 2.05) is 0 Å². The fraction of sp³-hybridized carbons (Fsp3) is 0.733. The van der Waals surface area contributed by atoms with E-state index in [-0.39, 0.29) is 0 Å². The van der Waals surface area contributed by atoms with Crippen molar-refractivity contribution in [2.24, 2.45) is 11.8 Å². The topological polar surface area (TPSA) is 50.9 Å². The van der Waals surface area contributed by atoms with E-state index in [0.29, 0.717) is 24.8 Å². The minimum Gasteiger partial charge on any atom is -0.388 e. The van der Waals surface area contributed by atoms with Crippen molar-refractivity contribution in [2.45, 2.75) is 59.1 Å². The van der Waals surface area contributed by atoms with Gasteiger partial charge in [0.25, 0.3) is 0 Å². The molecule has 0 saturated heterocycles. The standard InChI is InChI=1S/C15H27N3O/c1-13(2)7-5-6-8-15(19,9-14(3)4)10-18-12-16-11-17-18/h5-6,11-14,19H,7-10H2,1-4H3. The molecule has 0 amide bonds.